The second-order valence-electron chi connectivity index (χ2n) is 2.26. The molecular weight excluding hydrogens is 319 g/mol. The van der Waals surface area contributed by atoms with Crippen LogP contribution in [0, 0.1) is 10.5 Å². The van der Waals surface area contributed by atoms with Gasteiger partial charge >= 0.3 is 0 Å². The average Bonchev–Trinajstić information content (AvgIpc) is 1.96. The first-order valence-electron chi connectivity index (χ1n) is 3.15. The summed E-state index contributed by atoms with van der Waals surface area (Å²) in [6.45, 7) is 2.05. The van der Waals surface area contributed by atoms with E-state index in [0.29, 0.717) is 0 Å². The SMILES string of the molecule is COc1cc(C)cc(I)c1Br. The van der Waals surface area contributed by atoms with Crippen LogP contribution in [0.3, 0.4) is 0 Å². The first-order valence-corrected chi connectivity index (χ1v) is 5.02. The number of methoxy groups -OCH3 is 1. The minimum Gasteiger partial charge on any atom is -0.496 e. The summed E-state index contributed by atoms with van der Waals surface area (Å²) in [5, 5.41) is 0. The van der Waals surface area contributed by atoms with E-state index in [-0.39, 0.29) is 0 Å². The highest BCUT2D eigenvalue weighted by Crippen LogP contribution is 2.30. The van der Waals surface area contributed by atoms with Crippen molar-refractivity contribution < 1.29 is 4.74 Å². The van der Waals surface area contributed by atoms with Crippen LogP contribution >= 0.6 is 38.5 Å². The predicted octanol–water partition coefficient (Wildman–Crippen LogP) is 3.37. The molecule has 1 aromatic rings. The van der Waals surface area contributed by atoms with Gasteiger partial charge in [-0.1, -0.05) is 0 Å². The summed E-state index contributed by atoms with van der Waals surface area (Å²) in [6.07, 6.45) is 0. The minimum absolute atomic E-state index is 0.898. The lowest BCUT2D eigenvalue weighted by Gasteiger charge is -2.05. The molecule has 0 amide bonds. The van der Waals surface area contributed by atoms with Crippen molar-refractivity contribution >= 4 is 38.5 Å². The number of hydrogen-bond acceptors (Lipinski definition) is 1. The number of benzene rings is 1. The maximum Gasteiger partial charge on any atom is 0.134 e. The molecule has 0 aromatic heterocycles. The Labute approximate surface area is 88.4 Å². The summed E-state index contributed by atoms with van der Waals surface area (Å²) in [6, 6.07) is 4.11. The first kappa shape index (κ1) is 9.32. The first-order chi connectivity index (χ1) is 5.15. The molecule has 0 spiro atoms. The molecule has 0 unspecified atom stereocenters. The van der Waals surface area contributed by atoms with Crippen LogP contribution in [-0.4, -0.2) is 7.11 Å². The molecule has 0 heterocycles. The Hall–Kier alpha value is 0.230. The zero-order valence-electron chi connectivity index (χ0n) is 6.32. The average molecular weight is 327 g/mol. The number of hydrogen-bond donors (Lipinski definition) is 0. The molecule has 1 aromatic carbocycles. The van der Waals surface area contributed by atoms with E-state index >= 15 is 0 Å². The largest absolute Gasteiger partial charge is 0.496 e. The fourth-order valence-corrected chi connectivity index (χ4v) is 1.99. The fourth-order valence-electron chi connectivity index (χ4n) is 0.841. The molecule has 1 rings (SSSR count). The van der Waals surface area contributed by atoms with E-state index in [0.717, 1.165) is 10.2 Å². The van der Waals surface area contributed by atoms with Gasteiger partial charge in [0, 0.05) is 3.57 Å². The van der Waals surface area contributed by atoms with E-state index in [4.69, 9.17) is 4.74 Å². The fraction of sp³-hybridized carbons (Fsp3) is 0.250. The van der Waals surface area contributed by atoms with E-state index < -0.39 is 0 Å². The van der Waals surface area contributed by atoms with Gasteiger partial charge in [-0.05, 0) is 63.1 Å². The Morgan fingerprint density at radius 2 is 2.09 bits per heavy atom. The molecule has 60 valence electrons. The molecule has 0 N–H and O–H groups in total. The van der Waals surface area contributed by atoms with Crippen LogP contribution < -0.4 is 4.74 Å². The molecule has 0 aliphatic heterocycles. The maximum absolute atomic E-state index is 5.15. The van der Waals surface area contributed by atoms with Gasteiger partial charge in [-0.2, -0.15) is 0 Å². The van der Waals surface area contributed by atoms with E-state index in [1.54, 1.807) is 7.11 Å². The molecule has 0 radical (unpaired) electrons. The number of aryl methyl sites for hydroxylation is 1. The smallest absolute Gasteiger partial charge is 0.134 e. The Balaban J connectivity index is 3.24. The van der Waals surface area contributed by atoms with Crippen molar-refractivity contribution in [2.24, 2.45) is 0 Å². The van der Waals surface area contributed by atoms with Gasteiger partial charge in [0.15, 0.2) is 0 Å². The zero-order valence-corrected chi connectivity index (χ0v) is 10.1. The molecule has 1 nitrogen and oxygen atoms in total. The lowest BCUT2D eigenvalue weighted by Crippen LogP contribution is -1.87. The summed E-state index contributed by atoms with van der Waals surface area (Å²) >= 11 is 5.71. The quantitative estimate of drug-likeness (QED) is 0.719. The van der Waals surface area contributed by atoms with Crippen molar-refractivity contribution in [3.63, 3.8) is 0 Å². The highest BCUT2D eigenvalue weighted by Gasteiger charge is 2.03. The van der Waals surface area contributed by atoms with Gasteiger partial charge in [-0.25, -0.2) is 0 Å². The number of ether oxygens (including phenoxy) is 1. The van der Waals surface area contributed by atoms with Crippen LogP contribution in [0.4, 0.5) is 0 Å². The summed E-state index contributed by atoms with van der Waals surface area (Å²) in [5.74, 6) is 0.898. The van der Waals surface area contributed by atoms with Crippen molar-refractivity contribution in [2.75, 3.05) is 7.11 Å². The van der Waals surface area contributed by atoms with Crippen LogP contribution in [0.1, 0.15) is 5.56 Å². The number of halogens is 2. The van der Waals surface area contributed by atoms with Crippen LogP contribution in [0.15, 0.2) is 16.6 Å². The molecule has 0 saturated carbocycles. The Morgan fingerprint density at radius 3 is 2.64 bits per heavy atom. The van der Waals surface area contributed by atoms with E-state index in [2.05, 4.69) is 51.5 Å². The summed E-state index contributed by atoms with van der Waals surface area (Å²) in [7, 11) is 1.68. The third-order valence-electron chi connectivity index (χ3n) is 1.36. The zero-order chi connectivity index (χ0) is 8.43. The Kier molecular flexibility index (Phi) is 3.18. The predicted molar refractivity (Wildman–Crippen MR) is 58.1 cm³/mol. The van der Waals surface area contributed by atoms with Crippen molar-refractivity contribution in [3.8, 4) is 5.75 Å². The summed E-state index contributed by atoms with van der Waals surface area (Å²) in [5.41, 5.74) is 1.22. The molecule has 0 aliphatic rings. The molecule has 11 heavy (non-hydrogen) atoms. The lowest BCUT2D eigenvalue weighted by atomic mass is 10.2. The Morgan fingerprint density at radius 1 is 1.45 bits per heavy atom. The standard InChI is InChI=1S/C8H8BrIO/c1-5-3-6(10)8(9)7(4-5)11-2/h3-4H,1-2H3. The van der Waals surface area contributed by atoms with Crippen molar-refractivity contribution in [1.82, 2.24) is 0 Å². The second kappa shape index (κ2) is 3.76. The van der Waals surface area contributed by atoms with Crippen LogP contribution in [0.2, 0.25) is 0 Å². The van der Waals surface area contributed by atoms with E-state index in [1.165, 1.54) is 9.13 Å². The van der Waals surface area contributed by atoms with Gasteiger partial charge in [0.2, 0.25) is 0 Å². The number of rotatable bonds is 1. The van der Waals surface area contributed by atoms with Crippen molar-refractivity contribution in [2.45, 2.75) is 6.92 Å². The van der Waals surface area contributed by atoms with Gasteiger partial charge in [0.25, 0.3) is 0 Å². The highest BCUT2D eigenvalue weighted by molar-refractivity contribution is 14.1. The molecular formula is C8H8BrIO. The molecule has 0 saturated heterocycles. The van der Waals surface area contributed by atoms with Crippen LogP contribution in [-0.2, 0) is 0 Å². The second-order valence-corrected chi connectivity index (χ2v) is 4.22. The maximum atomic E-state index is 5.15. The molecule has 3 heteroatoms. The summed E-state index contributed by atoms with van der Waals surface area (Å²) in [4.78, 5) is 0. The summed E-state index contributed by atoms with van der Waals surface area (Å²) < 4.78 is 7.37. The van der Waals surface area contributed by atoms with Crippen molar-refractivity contribution in [1.29, 1.82) is 0 Å². The lowest BCUT2D eigenvalue weighted by molar-refractivity contribution is 0.411. The third kappa shape index (κ3) is 2.08. The molecule has 0 aliphatic carbocycles. The monoisotopic (exact) mass is 326 g/mol. The molecule has 0 atom stereocenters. The van der Waals surface area contributed by atoms with Gasteiger partial charge in [0.05, 0.1) is 11.6 Å². The van der Waals surface area contributed by atoms with Gasteiger partial charge in [-0.3, -0.25) is 0 Å². The normalized spacial score (nSPS) is 9.82. The van der Waals surface area contributed by atoms with Gasteiger partial charge < -0.3 is 4.74 Å². The van der Waals surface area contributed by atoms with E-state index in [1.807, 2.05) is 6.07 Å². The molecule has 0 fully saturated rings. The highest BCUT2D eigenvalue weighted by atomic mass is 127. The third-order valence-corrected chi connectivity index (χ3v) is 3.77. The van der Waals surface area contributed by atoms with Crippen molar-refractivity contribution in [3.05, 3.63) is 25.7 Å². The Bertz CT molecular complexity index is 273. The van der Waals surface area contributed by atoms with E-state index in [9.17, 15) is 0 Å². The van der Waals surface area contributed by atoms with Crippen LogP contribution in [0.25, 0.3) is 0 Å². The topological polar surface area (TPSA) is 9.23 Å². The molecule has 0 bridgehead atoms. The minimum atomic E-state index is 0.898. The van der Waals surface area contributed by atoms with Gasteiger partial charge in [-0.15, -0.1) is 0 Å². The van der Waals surface area contributed by atoms with Crippen LogP contribution in [0.5, 0.6) is 5.75 Å². The van der Waals surface area contributed by atoms with Gasteiger partial charge in [0.1, 0.15) is 5.75 Å².